The first kappa shape index (κ1) is 16.0. The van der Waals surface area contributed by atoms with E-state index in [-0.39, 0.29) is 0 Å². The number of hydrogen-bond acceptors (Lipinski definition) is 3. The second-order valence-electron chi connectivity index (χ2n) is 4.41. The molecule has 1 N–H and O–H groups in total. The van der Waals surface area contributed by atoms with Crippen LogP contribution in [0.3, 0.4) is 0 Å². The second-order valence-corrected chi connectivity index (χ2v) is 7.87. The summed E-state index contributed by atoms with van der Waals surface area (Å²) in [6, 6.07) is 10.4. The molecule has 108 valence electrons. The zero-order chi connectivity index (χ0) is 14.4. The molecule has 0 saturated heterocycles. The van der Waals surface area contributed by atoms with Crippen molar-refractivity contribution in [2.45, 2.75) is 26.4 Å². The summed E-state index contributed by atoms with van der Waals surface area (Å²) in [5.41, 5.74) is 1.18. The smallest absolute Gasteiger partial charge is 0.123 e. The minimum atomic E-state index is 0.756. The fourth-order valence-corrected chi connectivity index (χ4v) is 3.67. The summed E-state index contributed by atoms with van der Waals surface area (Å²) in [6.07, 6.45) is 1.02. The van der Waals surface area contributed by atoms with Crippen molar-refractivity contribution in [3.8, 4) is 5.75 Å². The molecule has 0 saturated carbocycles. The lowest BCUT2D eigenvalue weighted by molar-refractivity contribution is 0.313. The minimum absolute atomic E-state index is 0.756. The van der Waals surface area contributed by atoms with Crippen LogP contribution in [0.1, 0.15) is 23.8 Å². The Morgan fingerprint density at radius 1 is 1.15 bits per heavy atom. The first-order chi connectivity index (χ1) is 9.69. The van der Waals surface area contributed by atoms with Crippen molar-refractivity contribution in [1.82, 2.24) is 5.32 Å². The summed E-state index contributed by atoms with van der Waals surface area (Å²) in [7, 11) is 0. The highest BCUT2D eigenvalue weighted by Gasteiger charge is 2.05. The van der Waals surface area contributed by atoms with Crippen molar-refractivity contribution < 1.29 is 4.74 Å². The van der Waals surface area contributed by atoms with Gasteiger partial charge in [-0.15, -0.1) is 11.3 Å². The molecule has 2 rings (SSSR count). The van der Waals surface area contributed by atoms with Gasteiger partial charge in [-0.1, -0.05) is 22.9 Å². The molecule has 0 spiro atoms. The standard InChI is InChI=1S/C15H17Br2NOS/c1-2-7-19-14-5-3-12(16)8-11(14)9-18-10-13-4-6-15(17)20-13/h3-6,8,18H,2,7,9-10H2,1H3. The molecule has 2 aromatic rings. The quantitative estimate of drug-likeness (QED) is 0.654. The van der Waals surface area contributed by atoms with Gasteiger partial charge in [-0.2, -0.15) is 0 Å². The van der Waals surface area contributed by atoms with Crippen molar-refractivity contribution in [3.63, 3.8) is 0 Å². The predicted octanol–water partition coefficient (Wildman–Crippen LogP) is 5.35. The maximum Gasteiger partial charge on any atom is 0.123 e. The van der Waals surface area contributed by atoms with Gasteiger partial charge in [0.25, 0.3) is 0 Å². The van der Waals surface area contributed by atoms with Gasteiger partial charge in [0.1, 0.15) is 5.75 Å². The Balaban J connectivity index is 1.95. The van der Waals surface area contributed by atoms with Gasteiger partial charge in [0, 0.05) is 28.0 Å². The predicted molar refractivity (Wildman–Crippen MR) is 92.5 cm³/mol. The Hall–Kier alpha value is -0.360. The minimum Gasteiger partial charge on any atom is -0.493 e. The van der Waals surface area contributed by atoms with Crippen LogP contribution in [0.2, 0.25) is 0 Å². The molecule has 0 aliphatic carbocycles. The molecule has 1 aromatic carbocycles. The van der Waals surface area contributed by atoms with E-state index in [1.807, 2.05) is 12.1 Å². The Bertz CT molecular complexity index is 557. The van der Waals surface area contributed by atoms with E-state index in [0.717, 1.165) is 36.3 Å². The summed E-state index contributed by atoms with van der Waals surface area (Å²) >= 11 is 8.76. The zero-order valence-electron chi connectivity index (χ0n) is 11.3. The molecule has 5 heteroatoms. The van der Waals surface area contributed by atoms with Gasteiger partial charge in [-0.25, -0.2) is 0 Å². The van der Waals surface area contributed by atoms with E-state index in [4.69, 9.17) is 4.74 Å². The van der Waals surface area contributed by atoms with Gasteiger partial charge in [0.05, 0.1) is 10.4 Å². The average Bonchev–Trinajstić information content (AvgIpc) is 2.84. The molecule has 0 aliphatic rings. The maximum atomic E-state index is 5.78. The summed E-state index contributed by atoms with van der Waals surface area (Å²) in [6.45, 7) is 4.54. The molecule has 0 fully saturated rings. The number of ether oxygens (including phenoxy) is 1. The van der Waals surface area contributed by atoms with Crippen LogP contribution >= 0.6 is 43.2 Å². The van der Waals surface area contributed by atoms with E-state index in [0.29, 0.717) is 0 Å². The van der Waals surface area contributed by atoms with E-state index in [1.165, 1.54) is 14.2 Å². The van der Waals surface area contributed by atoms with Gasteiger partial charge in [-0.3, -0.25) is 0 Å². The number of hydrogen-bond donors (Lipinski definition) is 1. The fraction of sp³-hybridized carbons (Fsp3) is 0.333. The molecule has 0 radical (unpaired) electrons. The monoisotopic (exact) mass is 417 g/mol. The van der Waals surface area contributed by atoms with Crippen LogP contribution in [0.4, 0.5) is 0 Å². The van der Waals surface area contributed by atoms with Crippen molar-refractivity contribution in [2.24, 2.45) is 0 Å². The topological polar surface area (TPSA) is 21.3 Å². The zero-order valence-corrected chi connectivity index (χ0v) is 15.3. The lowest BCUT2D eigenvalue weighted by atomic mass is 10.2. The van der Waals surface area contributed by atoms with E-state index >= 15 is 0 Å². The van der Waals surface area contributed by atoms with Gasteiger partial charge >= 0.3 is 0 Å². The van der Waals surface area contributed by atoms with E-state index in [2.05, 4.69) is 62.3 Å². The molecular weight excluding hydrogens is 402 g/mol. The number of thiophene rings is 1. The van der Waals surface area contributed by atoms with Crippen molar-refractivity contribution >= 4 is 43.2 Å². The highest BCUT2D eigenvalue weighted by molar-refractivity contribution is 9.11. The molecule has 1 aromatic heterocycles. The van der Waals surface area contributed by atoms with Gasteiger partial charge in [0.2, 0.25) is 0 Å². The number of rotatable bonds is 7. The lowest BCUT2D eigenvalue weighted by Gasteiger charge is -2.12. The van der Waals surface area contributed by atoms with Crippen LogP contribution in [0.15, 0.2) is 38.6 Å². The third kappa shape index (κ3) is 4.88. The van der Waals surface area contributed by atoms with Gasteiger partial charge < -0.3 is 10.1 Å². The Kier molecular flexibility index (Phi) is 6.55. The molecule has 0 bridgehead atoms. The summed E-state index contributed by atoms with van der Waals surface area (Å²) < 4.78 is 8.03. The van der Waals surface area contributed by atoms with Crippen LogP contribution in [-0.2, 0) is 13.1 Å². The van der Waals surface area contributed by atoms with Crippen LogP contribution in [-0.4, -0.2) is 6.61 Å². The van der Waals surface area contributed by atoms with Crippen molar-refractivity contribution in [3.05, 3.63) is 49.0 Å². The summed E-state index contributed by atoms with van der Waals surface area (Å²) in [4.78, 5) is 1.32. The number of benzene rings is 1. The summed E-state index contributed by atoms with van der Waals surface area (Å²) in [5.74, 6) is 0.968. The normalized spacial score (nSPS) is 10.8. The third-order valence-electron chi connectivity index (χ3n) is 2.73. The van der Waals surface area contributed by atoms with E-state index in [1.54, 1.807) is 11.3 Å². The van der Waals surface area contributed by atoms with Crippen LogP contribution in [0, 0.1) is 0 Å². The highest BCUT2D eigenvalue weighted by atomic mass is 79.9. The first-order valence-corrected chi connectivity index (χ1v) is 8.95. The van der Waals surface area contributed by atoms with E-state index in [9.17, 15) is 0 Å². The van der Waals surface area contributed by atoms with Crippen LogP contribution in [0.25, 0.3) is 0 Å². The average molecular weight is 419 g/mol. The molecule has 0 aliphatic heterocycles. The fourth-order valence-electron chi connectivity index (χ4n) is 1.81. The lowest BCUT2D eigenvalue weighted by Crippen LogP contribution is -2.13. The molecule has 20 heavy (non-hydrogen) atoms. The van der Waals surface area contributed by atoms with Crippen LogP contribution < -0.4 is 10.1 Å². The Labute approximate surface area is 140 Å². The van der Waals surface area contributed by atoms with Gasteiger partial charge in [-0.05, 0) is 52.7 Å². The van der Waals surface area contributed by atoms with Crippen molar-refractivity contribution in [1.29, 1.82) is 0 Å². The highest BCUT2D eigenvalue weighted by Crippen LogP contribution is 2.24. The molecular formula is C15H17Br2NOS. The molecule has 0 amide bonds. The molecule has 0 atom stereocenters. The largest absolute Gasteiger partial charge is 0.493 e. The second kappa shape index (κ2) is 8.17. The third-order valence-corrected chi connectivity index (χ3v) is 4.84. The SMILES string of the molecule is CCCOc1ccc(Br)cc1CNCc1ccc(Br)s1. The Morgan fingerprint density at radius 2 is 2.00 bits per heavy atom. The Morgan fingerprint density at radius 3 is 2.70 bits per heavy atom. The summed E-state index contributed by atoms with van der Waals surface area (Å²) in [5, 5.41) is 3.46. The number of halogens is 2. The van der Waals surface area contributed by atoms with Gasteiger partial charge in [0.15, 0.2) is 0 Å². The maximum absolute atomic E-state index is 5.78. The first-order valence-electron chi connectivity index (χ1n) is 6.55. The number of nitrogens with one attached hydrogen (secondary N) is 1. The molecule has 1 heterocycles. The molecule has 0 unspecified atom stereocenters. The van der Waals surface area contributed by atoms with E-state index < -0.39 is 0 Å². The van der Waals surface area contributed by atoms with Crippen LogP contribution in [0.5, 0.6) is 5.75 Å². The van der Waals surface area contributed by atoms with Crippen molar-refractivity contribution in [2.75, 3.05) is 6.61 Å². The molecule has 2 nitrogen and oxygen atoms in total.